The van der Waals surface area contributed by atoms with Crippen molar-refractivity contribution in [3.8, 4) is 0 Å². The van der Waals surface area contributed by atoms with E-state index in [1.54, 1.807) is 30.3 Å². The number of piperidine rings is 1. The molecule has 2 rings (SSSR count). The topological polar surface area (TPSA) is 91.8 Å². The summed E-state index contributed by atoms with van der Waals surface area (Å²) < 4.78 is 24.2. The fourth-order valence-electron chi connectivity index (χ4n) is 2.56. The molecular formula is C15H19NO5S. The minimum atomic E-state index is -3.56. The first-order valence-corrected chi connectivity index (χ1v) is 8.94. The number of carboxylic acids is 1. The van der Waals surface area contributed by atoms with Gasteiger partial charge in [0.15, 0.2) is 9.84 Å². The van der Waals surface area contributed by atoms with Gasteiger partial charge in [-0.25, -0.2) is 8.42 Å². The van der Waals surface area contributed by atoms with Crippen molar-refractivity contribution in [2.75, 3.05) is 18.8 Å². The zero-order valence-electron chi connectivity index (χ0n) is 12.1. The zero-order valence-corrected chi connectivity index (χ0v) is 13.0. The monoisotopic (exact) mass is 325 g/mol. The minimum Gasteiger partial charge on any atom is -0.481 e. The van der Waals surface area contributed by atoms with E-state index < -0.39 is 33.4 Å². The van der Waals surface area contributed by atoms with Crippen LogP contribution in [0.2, 0.25) is 0 Å². The van der Waals surface area contributed by atoms with Crippen molar-refractivity contribution in [2.24, 2.45) is 5.92 Å². The molecule has 1 aromatic rings. The Hall–Kier alpha value is -1.89. The Kier molecular flexibility index (Phi) is 5.18. The first-order chi connectivity index (χ1) is 10.4. The molecule has 1 saturated heterocycles. The Morgan fingerprint density at radius 2 is 1.91 bits per heavy atom. The molecule has 1 N–H and O–H groups in total. The molecule has 1 amide bonds. The predicted octanol–water partition coefficient (Wildman–Crippen LogP) is 0.925. The number of hydrogen-bond donors (Lipinski definition) is 1. The van der Waals surface area contributed by atoms with Crippen LogP contribution in [0, 0.1) is 5.92 Å². The summed E-state index contributed by atoms with van der Waals surface area (Å²) >= 11 is 0. The molecule has 0 saturated carbocycles. The van der Waals surface area contributed by atoms with Gasteiger partial charge >= 0.3 is 5.97 Å². The number of carbonyl (C=O) groups excluding carboxylic acids is 1. The van der Waals surface area contributed by atoms with Gasteiger partial charge in [-0.15, -0.1) is 0 Å². The number of carbonyl (C=O) groups is 2. The van der Waals surface area contributed by atoms with Crippen molar-refractivity contribution in [1.29, 1.82) is 0 Å². The van der Waals surface area contributed by atoms with E-state index >= 15 is 0 Å². The van der Waals surface area contributed by atoms with Crippen LogP contribution in [0.15, 0.2) is 30.3 Å². The van der Waals surface area contributed by atoms with E-state index in [1.807, 2.05) is 0 Å². The molecule has 7 heteroatoms. The molecule has 1 aliphatic rings. The van der Waals surface area contributed by atoms with Gasteiger partial charge in [0.05, 0.1) is 11.7 Å². The maximum atomic E-state index is 12.1. The summed E-state index contributed by atoms with van der Waals surface area (Å²) in [6.07, 6.45) is 1.11. The quantitative estimate of drug-likeness (QED) is 0.869. The lowest BCUT2D eigenvalue weighted by Gasteiger charge is -2.30. The number of sulfone groups is 1. The summed E-state index contributed by atoms with van der Waals surface area (Å²) in [5.74, 6) is -2.81. The standard InChI is InChI=1S/C15H19NO5S/c17-14(16-8-4-7-13(9-16)15(18)19)11-22(20,21)10-12-5-2-1-3-6-12/h1-3,5-6,13H,4,7-11H2,(H,18,19)/t13-/m0/s1. The van der Waals surface area contributed by atoms with Crippen LogP contribution in [0.1, 0.15) is 18.4 Å². The first-order valence-electron chi connectivity index (χ1n) is 7.12. The molecule has 6 nitrogen and oxygen atoms in total. The van der Waals surface area contributed by atoms with Gasteiger partial charge in [-0.3, -0.25) is 9.59 Å². The van der Waals surface area contributed by atoms with Gasteiger partial charge in [0, 0.05) is 13.1 Å². The highest BCUT2D eigenvalue weighted by Crippen LogP contribution is 2.17. The number of aliphatic carboxylic acids is 1. The number of rotatable bonds is 5. The van der Waals surface area contributed by atoms with Gasteiger partial charge in [0.2, 0.25) is 5.91 Å². The number of benzene rings is 1. The summed E-state index contributed by atoms with van der Waals surface area (Å²) in [5, 5.41) is 9.01. The molecule has 1 atom stereocenters. The maximum Gasteiger partial charge on any atom is 0.308 e. The van der Waals surface area contributed by atoms with E-state index in [-0.39, 0.29) is 12.3 Å². The third-order valence-corrected chi connectivity index (χ3v) is 5.16. The summed E-state index contributed by atoms with van der Waals surface area (Å²) in [4.78, 5) is 24.5. The highest BCUT2D eigenvalue weighted by atomic mass is 32.2. The Morgan fingerprint density at radius 1 is 1.23 bits per heavy atom. The SMILES string of the molecule is O=C(O)[C@H]1CCCN(C(=O)CS(=O)(=O)Cc2ccccc2)C1. The fourth-order valence-corrected chi connectivity index (χ4v) is 3.93. The van der Waals surface area contributed by atoms with Crippen LogP contribution in [0.3, 0.4) is 0 Å². The van der Waals surface area contributed by atoms with Crippen LogP contribution in [0.5, 0.6) is 0 Å². The van der Waals surface area contributed by atoms with E-state index in [4.69, 9.17) is 5.11 Å². The number of carboxylic acid groups (broad SMARTS) is 1. The van der Waals surface area contributed by atoms with Crippen LogP contribution in [0.4, 0.5) is 0 Å². The van der Waals surface area contributed by atoms with Crippen molar-refractivity contribution in [2.45, 2.75) is 18.6 Å². The van der Waals surface area contributed by atoms with Crippen LogP contribution in [0.25, 0.3) is 0 Å². The second-order valence-electron chi connectivity index (χ2n) is 5.53. The summed E-state index contributed by atoms with van der Waals surface area (Å²) in [6.45, 7) is 0.512. The van der Waals surface area contributed by atoms with E-state index in [1.165, 1.54) is 4.90 Å². The molecule has 0 radical (unpaired) electrons. The zero-order chi connectivity index (χ0) is 16.2. The molecular weight excluding hydrogens is 306 g/mol. The lowest BCUT2D eigenvalue weighted by molar-refractivity contribution is -0.145. The van der Waals surface area contributed by atoms with Crippen LogP contribution < -0.4 is 0 Å². The Labute approximate surface area is 129 Å². The van der Waals surface area contributed by atoms with E-state index in [9.17, 15) is 18.0 Å². The second kappa shape index (κ2) is 6.91. The molecule has 1 heterocycles. The number of amides is 1. The Morgan fingerprint density at radius 3 is 2.55 bits per heavy atom. The second-order valence-corrected chi connectivity index (χ2v) is 7.60. The van der Waals surface area contributed by atoms with Crippen molar-refractivity contribution >= 4 is 21.7 Å². The van der Waals surface area contributed by atoms with E-state index in [0.717, 1.165) is 0 Å². The third-order valence-electron chi connectivity index (χ3n) is 3.70. The predicted molar refractivity (Wildman–Crippen MR) is 80.9 cm³/mol. The molecule has 22 heavy (non-hydrogen) atoms. The number of likely N-dealkylation sites (tertiary alicyclic amines) is 1. The highest BCUT2D eigenvalue weighted by molar-refractivity contribution is 7.91. The number of hydrogen-bond acceptors (Lipinski definition) is 4. The average Bonchev–Trinajstić information content (AvgIpc) is 2.47. The van der Waals surface area contributed by atoms with Gasteiger partial charge in [0.1, 0.15) is 5.75 Å². The third kappa shape index (κ3) is 4.56. The first kappa shape index (κ1) is 16.5. The number of nitrogens with zero attached hydrogens (tertiary/aromatic N) is 1. The van der Waals surface area contributed by atoms with E-state index in [2.05, 4.69) is 0 Å². The largest absolute Gasteiger partial charge is 0.481 e. The molecule has 1 aliphatic heterocycles. The molecule has 0 aromatic heterocycles. The summed E-state index contributed by atoms with van der Waals surface area (Å²) in [6, 6.07) is 8.68. The normalized spacial score (nSPS) is 18.9. The Balaban J connectivity index is 1.97. The Bertz CT molecular complexity index is 641. The van der Waals surface area contributed by atoms with Crippen LogP contribution in [-0.2, 0) is 25.2 Å². The van der Waals surface area contributed by atoms with Gasteiger partial charge in [-0.1, -0.05) is 30.3 Å². The summed E-state index contributed by atoms with van der Waals surface area (Å²) in [5.41, 5.74) is 0.636. The van der Waals surface area contributed by atoms with Gasteiger partial charge in [-0.05, 0) is 18.4 Å². The van der Waals surface area contributed by atoms with Gasteiger partial charge in [0.25, 0.3) is 0 Å². The lowest BCUT2D eigenvalue weighted by atomic mass is 9.98. The van der Waals surface area contributed by atoms with Crippen molar-refractivity contribution in [1.82, 2.24) is 4.90 Å². The fraction of sp³-hybridized carbons (Fsp3) is 0.467. The van der Waals surface area contributed by atoms with Crippen LogP contribution in [-0.4, -0.2) is 49.1 Å². The molecule has 1 fully saturated rings. The summed E-state index contributed by atoms with van der Waals surface area (Å²) in [7, 11) is -3.56. The molecule has 0 aliphatic carbocycles. The molecule has 0 spiro atoms. The highest BCUT2D eigenvalue weighted by Gasteiger charge is 2.30. The van der Waals surface area contributed by atoms with Crippen molar-refractivity contribution in [3.63, 3.8) is 0 Å². The molecule has 120 valence electrons. The molecule has 0 unspecified atom stereocenters. The van der Waals surface area contributed by atoms with E-state index in [0.29, 0.717) is 24.9 Å². The molecule has 1 aromatic carbocycles. The minimum absolute atomic E-state index is 0.0923. The molecule has 0 bridgehead atoms. The van der Waals surface area contributed by atoms with Gasteiger partial charge < -0.3 is 10.0 Å². The lowest BCUT2D eigenvalue weighted by Crippen LogP contribution is -2.44. The average molecular weight is 325 g/mol. The van der Waals surface area contributed by atoms with Crippen molar-refractivity contribution in [3.05, 3.63) is 35.9 Å². The smallest absolute Gasteiger partial charge is 0.308 e. The maximum absolute atomic E-state index is 12.1. The van der Waals surface area contributed by atoms with Crippen LogP contribution >= 0.6 is 0 Å². The van der Waals surface area contributed by atoms with Gasteiger partial charge in [-0.2, -0.15) is 0 Å². The van der Waals surface area contributed by atoms with Crippen molar-refractivity contribution < 1.29 is 23.1 Å².